The van der Waals surface area contributed by atoms with Crippen molar-refractivity contribution in [2.75, 3.05) is 18.0 Å². The van der Waals surface area contributed by atoms with E-state index < -0.39 is 17.1 Å². The fourth-order valence-corrected chi connectivity index (χ4v) is 8.53. The van der Waals surface area contributed by atoms with Crippen molar-refractivity contribution < 1.29 is 14.4 Å². The number of rotatable bonds is 4. The Kier molecular flexibility index (Phi) is 6.88. The number of carbonyl (C=O) groups is 3. The number of amides is 3. The second-order valence-electron chi connectivity index (χ2n) is 9.65. The smallest absolute Gasteiger partial charge is 0.308 e. The molecule has 196 valence electrons. The minimum Gasteiger partial charge on any atom is -0.341 e. The number of imide groups is 1. The molecule has 0 bridgehead atoms. The van der Waals surface area contributed by atoms with Crippen LogP contribution in [0.4, 0.5) is 5.69 Å². The van der Waals surface area contributed by atoms with Crippen molar-refractivity contribution in [3.8, 4) is 0 Å². The Balaban J connectivity index is 1.43. The van der Waals surface area contributed by atoms with Gasteiger partial charge in [-0.1, -0.05) is 58.4 Å². The molecule has 3 aliphatic rings. The zero-order valence-electron chi connectivity index (χ0n) is 20.1. The number of hydrogen-bond donors (Lipinski definition) is 0. The van der Waals surface area contributed by atoms with Crippen molar-refractivity contribution in [2.45, 2.75) is 42.0 Å². The Bertz CT molecular complexity index is 1480. The van der Waals surface area contributed by atoms with Crippen LogP contribution in [0.2, 0.25) is 10.0 Å². The van der Waals surface area contributed by atoms with Gasteiger partial charge in [-0.25, -0.2) is 4.90 Å². The molecule has 0 aliphatic carbocycles. The van der Waals surface area contributed by atoms with Crippen LogP contribution in [0.25, 0.3) is 0 Å². The van der Waals surface area contributed by atoms with Crippen LogP contribution in [-0.2, 0) is 20.9 Å². The van der Waals surface area contributed by atoms with Crippen molar-refractivity contribution in [3.05, 3.63) is 78.7 Å². The summed E-state index contributed by atoms with van der Waals surface area (Å²) in [5.41, 5.74) is 1.25. The quantitative estimate of drug-likeness (QED) is 0.400. The molecule has 11 heteroatoms. The van der Waals surface area contributed by atoms with E-state index in [2.05, 4.69) is 0 Å². The van der Waals surface area contributed by atoms with Gasteiger partial charge in [0.15, 0.2) is 0 Å². The minimum absolute atomic E-state index is 0.0779. The number of carbonyl (C=O) groups excluding carboxylic acids is 3. The molecule has 2 unspecified atom stereocenters. The van der Waals surface area contributed by atoms with Gasteiger partial charge in [0.05, 0.1) is 16.6 Å². The summed E-state index contributed by atoms with van der Waals surface area (Å²) in [4.78, 5) is 57.4. The zero-order valence-corrected chi connectivity index (χ0v) is 23.3. The molecule has 38 heavy (non-hydrogen) atoms. The summed E-state index contributed by atoms with van der Waals surface area (Å²) in [6.07, 6.45) is 3.01. The first-order valence-corrected chi connectivity index (χ1v) is 14.9. The fraction of sp³-hybridized carbons (Fsp3) is 0.333. The highest BCUT2D eigenvalue weighted by atomic mass is 35.5. The van der Waals surface area contributed by atoms with E-state index in [1.54, 1.807) is 41.3 Å². The van der Waals surface area contributed by atoms with Crippen molar-refractivity contribution in [3.63, 3.8) is 0 Å². The van der Waals surface area contributed by atoms with Gasteiger partial charge in [0.25, 0.3) is 0 Å². The van der Waals surface area contributed by atoms with Crippen molar-refractivity contribution in [1.29, 1.82) is 0 Å². The topological polar surface area (TPSA) is 79.7 Å². The minimum atomic E-state index is -0.739. The molecule has 2 saturated heterocycles. The molecule has 2 fully saturated rings. The lowest BCUT2D eigenvalue weighted by molar-refractivity contribution is -0.133. The maximum atomic E-state index is 13.9. The van der Waals surface area contributed by atoms with E-state index in [0.29, 0.717) is 38.7 Å². The number of hydrogen-bond acceptors (Lipinski definition) is 6. The van der Waals surface area contributed by atoms with Crippen LogP contribution in [0.5, 0.6) is 0 Å². The summed E-state index contributed by atoms with van der Waals surface area (Å²) in [6, 6.07) is 13.7. The molecule has 4 heterocycles. The normalized spacial score (nSPS) is 22.9. The second-order valence-corrected chi connectivity index (χ2v) is 12.6. The zero-order chi connectivity index (χ0) is 26.6. The highest BCUT2D eigenvalue weighted by Crippen LogP contribution is 2.54. The monoisotopic (exact) mass is 587 g/mol. The number of fused-ring (bicyclic) bond motifs is 2. The summed E-state index contributed by atoms with van der Waals surface area (Å²) >= 11 is 14.5. The largest absolute Gasteiger partial charge is 0.341 e. The van der Waals surface area contributed by atoms with Crippen LogP contribution in [0.1, 0.15) is 35.6 Å². The number of thiazole rings is 1. The molecule has 2 aromatic carbocycles. The van der Waals surface area contributed by atoms with Crippen LogP contribution in [0.3, 0.4) is 0 Å². The van der Waals surface area contributed by atoms with Crippen LogP contribution in [0.15, 0.2) is 58.4 Å². The standard InChI is InChI=1S/C27H23Cl2N3O4S2/c28-16-6-4-15(5-7-16)20-21-22(25(35)32(24(21)34)18-10-8-17(29)9-11-18)37-26-23(20)38-27(36)31(26)14-19(33)30-12-2-1-3-13-30/h4-11,20-22H,1-3,12-14H2/t20-,21?,22?/m1/s1. The van der Waals surface area contributed by atoms with Gasteiger partial charge in [-0.05, 0) is 61.2 Å². The van der Waals surface area contributed by atoms with E-state index in [-0.39, 0.29) is 29.1 Å². The first-order valence-electron chi connectivity index (χ1n) is 12.4. The van der Waals surface area contributed by atoms with Crippen molar-refractivity contribution in [2.24, 2.45) is 5.92 Å². The van der Waals surface area contributed by atoms with Gasteiger partial charge in [-0.2, -0.15) is 0 Å². The van der Waals surface area contributed by atoms with Gasteiger partial charge >= 0.3 is 4.87 Å². The molecule has 3 amide bonds. The third-order valence-corrected chi connectivity index (χ3v) is 10.5. The Morgan fingerprint density at radius 3 is 2.16 bits per heavy atom. The molecule has 0 saturated carbocycles. The van der Waals surface area contributed by atoms with Crippen LogP contribution < -0.4 is 9.77 Å². The molecular formula is C27H23Cl2N3O4S2. The lowest BCUT2D eigenvalue weighted by Gasteiger charge is -2.31. The van der Waals surface area contributed by atoms with Gasteiger partial charge in [0.2, 0.25) is 17.7 Å². The van der Waals surface area contributed by atoms with E-state index in [1.165, 1.54) is 21.2 Å². The Morgan fingerprint density at radius 2 is 1.50 bits per heavy atom. The first-order chi connectivity index (χ1) is 18.3. The van der Waals surface area contributed by atoms with E-state index in [9.17, 15) is 19.2 Å². The second kappa shape index (κ2) is 10.2. The summed E-state index contributed by atoms with van der Waals surface area (Å²) < 4.78 is 1.49. The number of anilines is 1. The number of thioether (sulfide) groups is 1. The summed E-state index contributed by atoms with van der Waals surface area (Å²) in [5, 5.41) is 0.899. The summed E-state index contributed by atoms with van der Waals surface area (Å²) in [7, 11) is 0. The third-order valence-electron chi connectivity index (χ3n) is 7.37. The van der Waals surface area contributed by atoms with E-state index in [4.69, 9.17) is 23.2 Å². The van der Waals surface area contributed by atoms with Crippen LogP contribution in [-0.4, -0.2) is 45.5 Å². The number of benzene rings is 2. The van der Waals surface area contributed by atoms with Gasteiger partial charge in [-0.3, -0.25) is 23.7 Å². The Morgan fingerprint density at radius 1 is 0.868 bits per heavy atom. The fourth-order valence-electron chi connectivity index (χ4n) is 5.51. The van der Waals surface area contributed by atoms with Crippen molar-refractivity contribution >= 4 is 69.7 Å². The summed E-state index contributed by atoms with van der Waals surface area (Å²) in [6.45, 7) is 1.30. The van der Waals surface area contributed by atoms with Gasteiger partial charge < -0.3 is 4.90 Å². The molecule has 1 aromatic heterocycles. The average Bonchev–Trinajstić information content (AvgIpc) is 3.36. The predicted octanol–water partition coefficient (Wildman–Crippen LogP) is 5.02. The van der Waals surface area contributed by atoms with Gasteiger partial charge in [0, 0.05) is 33.9 Å². The molecule has 0 radical (unpaired) electrons. The molecule has 7 nitrogen and oxygen atoms in total. The number of aromatic nitrogens is 1. The van der Waals surface area contributed by atoms with Gasteiger partial charge in [0.1, 0.15) is 11.8 Å². The van der Waals surface area contributed by atoms with Crippen LogP contribution in [0, 0.1) is 5.92 Å². The lowest BCUT2D eigenvalue weighted by atomic mass is 9.83. The van der Waals surface area contributed by atoms with Crippen LogP contribution >= 0.6 is 46.3 Å². The predicted molar refractivity (Wildman–Crippen MR) is 149 cm³/mol. The van der Waals surface area contributed by atoms with Gasteiger partial charge in [-0.15, -0.1) is 0 Å². The SMILES string of the molecule is O=C(Cn1c2c(sc1=O)[C@H](c1ccc(Cl)cc1)C1C(=O)N(c3ccc(Cl)cc3)C(=O)C1S2)N1CCCCC1. The molecule has 3 aromatic rings. The number of halogens is 2. The Hall–Kier alpha value is -2.59. The van der Waals surface area contributed by atoms with Crippen molar-refractivity contribution in [1.82, 2.24) is 9.47 Å². The van der Waals surface area contributed by atoms with E-state index >= 15 is 0 Å². The maximum Gasteiger partial charge on any atom is 0.308 e. The highest BCUT2D eigenvalue weighted by molar-refractivity contribution is 8.00. The molecular weight excluding hydrogens is 565 g/mol. The van der Waals surface area contributed by atoms with E-state index in [1.807, 2.05) is 12.1 Å². The third kappa shape index (κ3) is 4.39. The lowest BCUT2D eigenvalue weighted by Crippen LogP contribution is -2.39. The van der Waals surface area contributed by atoms with E-state index in [0.717, 1.165) is 36.2 Å². The highest BCUT2D eigenvalue weighted by Gasteiger charge is 2.56. The summed E-state index contributed by atoms with van der Waals surface area (Å²) in [5.74, 6) is -2.00. The number of piperidine rings is 1. The Labute approximate surface area is 237 Å². The molecule has 3 atom stereocenters. The molecule has 6 rings (SSSR count). The molecule has 0 N–H and O–H groups in total. The molecule has 3 aliphatic heterocycles. The maximum absolute atomic E-state index is 13.9. The molecule has 0 spiro atoms. The number of likely N-dealkylation sites (tertiary alicyclic amines) is 1. The average molecular weight is 589 g/mol. The number of nitrogens with zero attached hydrogens (tertiary/aromatic N) is 3. The first kappa shape index (κ1) is 25.7.